The number of hydrogen-bond donors (Lipinski definition) is 2. The Kier molecular flexibility index (Phi) is 10.8. The predicted octanol–water partition coefficient (Wildman–Crippen LogP) is 1.70. The van der Waals surface area contributed by atoms with E-state index in [0.29, 0.717) is 12.5 Å². The normalized spacial score (nSPS) is 17.0. The number of hydrogen-bond acceptors (Lipinski definition) is 4. The van der Waals surface area contributed by atoms with Crippen molar-refractivity contribution < 1.29 is 9.47 Å². The van der Waals surface area contributed by atoms with E-state index in [1.807, 2.05) is 37.3 Å². The first kappa shape index (κ1) is 21.0. The zero-order chi connectivity index (χ0) is 16.3. The number of nitrogens with two attached hydrogens (primary N) is 1. The smallest absolute Gasteiger partial charge is 0.188 e. The lowest BCUT2D eigenvalue weighted by Crippen LogP contribution is -2.39. The summed E-state index contributed by atoms with van der Waals surface area (Å²) in [5.41, 5.74) is 5.88. The van der Waals surface area contributed by atoms with Crippen molar-refractivity contribution in [2.45, 2.75) is 19.4 Å². The SMILES string of the molecule is CC(CN=C(N)NCCCN1CCOCC1)Oc1ccccc1.I. The molecule has 1 aromatic carbocycles. The van der Waals surface area contributed by atoms with Crippen molar-refractivity contribution in [3.8, 4) is 5.75 Å². The number of guanidine groups is 1. The van der Waals surface area contributed by atoms with Crippen molar-refractivity contribution in [3.63, 3.8) is 0 Å². The van der Waals surface area contributed by atoms with Gasteiger partial charge in [0.2, 0.25) is 0 Å². The van der Waals surface area contributed by atoms with Crippen LogP contribution in [0.2, 0.25) is 0 Å². The van der Waals surface area contributed by atoms with E-state index in [0.717, 1.165) is 51.6 Å². The van der Waals surface area contributed by atoms with Gasteiger partial charge < -0.3 is 20.5 Å². The van der Waals surface area contributed by atoms with E-state index >= 15 is 0 Å². The molecule has 6 nitrogen and oxygen atoms in total. The maximum atomic E-state index is 5.88. The first-order valence-electron chi connectivity index (χ1n) is 8.29. The number of aliphatic imine (C=N–C) groups is 1. The Morgan fingerprint density at radius 2 is 2.04 bits per heavy atom. The van der Waals surface area contributed by atoms with Gasteiger partial charge in [-0.05, 0) is 32.0 Å². The predicted molar refractivity (Wildman–Crippen MR) is 108 cm³/mol. The summed E-state index contributed by atoms with van der Waals surface area (Å²) in [4.78, 5) is 6.74. The lowest BCUT2D eigenvalue weighted by atomic mass is 10.3. The van der Waals surface area contributed by atoms with Crippen LogP contribution >= 0.6 is 24.0 Å². The van der Waals surface area contributed by atoms with Gasteiger partial charge in [-0.25, -0.2) is 4.99 Å². The molecule has 1 aromatic rings. The van der Waals surface area contributed by atoms with Crippen LogP contribution in [0.5, 0.6) is 5.75 Å². The Bertz CT molecular complexity index is 467. The molecular formula is C17H29IN4O2. The number of nitrogens with one attached hydrogen (secondary N) is 1. The fraction of sp³-hybridized carbons (Fsp3) is 0.588. The third kappa shape index (κ3) is 8.70. The van der Waals surface area contributed by atoms with Gasteiger partial charge in [0.15, 0.2) is 5.96 Å². The average molecular weight is 448 g/mol. The monoisotopic (exact) mass is 448 g/mol. The highest BCUT2D eigenvalue weighted by Crippen LogP contribution is 2.10. The second kappa shape index (κ2) is 12.3. The van der Waals surface area contributed by atoms with Crippen molar-refractivity contribution in [2.24, 2.45) is 10.7 Å². The van der Waals surface area contributed by atoms with Crippen LogP contribution in [0, 0.1) is 0 Å². The highest BCUT2D eigenvalue weighted by atomic mass is 127. The molecule has 0 bridgehead atoms. The minimum absolute atomic E-state index is 0. The van der Waals surface area contributed by atoms with Gasteiger partial charge in [0.1, 0.15) is 11.9 Å². The number of para-hydroxylation sites is 1. The van der Waals surface area contributed by atoms with Crippen LogP contribution in [-0.4, -0.2) is 62.9 Å². The molecular weight excluding hydrogens is 419 g/mol. The minimum Gasteiger partial charge on any atom is -0.489 e. The number of benzene rings is 1. The molecule has 1 aliphatic heterocycles. The van der Waals surface area contributed by atoms with Crippen LogP contribution in [0.1, 0.15) is 13.3 Å². The van der Waals surface area contributed by atoms with Gasteiger partial charge in [-0.3, -0.25) is 4.90 Å². The summed E-state index contributed by atoms with van der Waals surface area (Å²) in [6.45, 7) is 8.17. The third-order valence-corrected chi connectivity index (χ3v) is 3.66. The number of nitrogens with zero attached hydrogens (tertiary/aromatic N) is 2. The Balaban J connectivity index is 0.00000288. The number of rotatable bonds is 8. The average Bonchev–Trinajstić information content (AvgIpc) is 2.59. The first-order valence-corrected chi connectivity index (χ1v) is 8.29. The minimum atomic E-state index is -0.00824. The molecule has 0 aromatic heterocycles. The molecule has 2 rings (SSSR count). The second-order valence-corrected chi connectivity index (χ2v) is 5.70. The van der Waals surface area contributed by atoms with Crippen LogP contribution in [0.3, 0.4) is 0 Å². The summed E-state index contributed by atoms with van der Waals surface area (Å²) in [5, 5.41) is 3.16. The Hall–Kier alpha value is -1.06. The molecule has 0 spiro atoms. The summed E-state index contributed by atoms with van der Waals surface area (Å²) in [7, 11) is 0. The van der Waals surface area contributed by atoms with E-state index in [4.69, 9.17) is 15.2 Å². The molecule has 0 saturated carbocycles. The van der Waals surface area contributed by atoms with Crippen LogP contribution in [-0.2, 0) is 4.74 Å². The molecule has 0 radical (unpaired) electrons. The topological polar surface area (TPSA) is 72.1 Å². The van der Waals surface area contributed by atoms with Crippen molar-refractivity contribution >= 4 is 29.9 Å². The summed E-state index contributed by atoms with van der Waals surface area (Å²) in [6, 6.07) is 9.75. The Morgan fingerprint density at radius 3 is 2.75 bits per heavy atom. The van der Waals surface area contributed by atoms with Gasteiger partial charge in [-0.1, -0.05) is 18.2 Å². The number of morpholine rings is 1. The largest absolute Gasteiger partial charge is 0.489 e. The van der Waals surface area contributed by atoms with Crippen LogP contribution < -0.4 is 15.8 Å². The van der Waals surface area contributed by atoms with Crippen molar-refractivity contribution in [2.75, 3.05) is 45.9 Å². The highest BCUT2D eigenvalue weighted by molar-refractivity contribution is 14.0. The summed E-state index contributed by atoms with van der Waals surface area (Å²) in [5.74, 6) is 1.34. The number of halogens is 1. The Morgan fingerprint density at radius 1 is 1.33 bits per heavy atom. The maximum absolute atomic E-state index is 5.88. The van der Waals surface area contributed by atoms with Crippen LogP contribution in [0.15, 0.2) is 35.3 Å². The lowest BCUT2D eigenvalue weighted by molar-refractivity contribution is 0.0376. The molecule has 0 aliphatic carbocycles. The fourth-order valence-corrected chi connectivity index (χ4v) is 2.40. The molecule has 1 heterocycles. The highest BCUT2D eigenvalue weighted by Gasteiger charge is 2.09. The molecule has 7 heteroatoms. The zero-order valence-corrected chi connectivity index (χ0v) is 16.6. The van der Waals surface area contributed by atoms with E-state index in [2.05, 4.69) is 15.2 Å². The molecule has 1 atom stereocenters. The Labute approximate surface area is 161 Å². The van der Waals surface area contributed by atoms with Gasteiger partial charge in [-0.15, -0.1) is 24.0 Å². The fourth-order valence-electron chi connectivity index (χ4n) is 2.40. The van der Waals surface area contributed by atoms with Gasteiger partial charge in [0.25, 0.3) is 0 Å². The molecule has 1 aliphatic rings. The molecule has 24 heavy (non-hydrogen) atoms. The van der Waals surface area contributed by atoms with E-state index in [-0.39, 0.29) is 30.1 Å². The van der Waals surface area contributed by atoms with Gasteiger partial charge in [-0.2, -0.15) is 0 Å². The summed E-state index contributed by atoms with van der Waals surface area (Å²) in [6.07, 6.45) is 1.04. The van der Waals surface area contributed by atoms with E-state index in [1.165, 1.54) is 0 Å². The number of ether oxygens (including phenoxy) is 2. The third-order valence-electron chi connectivity index (χ3n) is 3.66. The van der Waals surface area contributed by atoms with Crippen molar-refractivity contribution in [1.82, 2.24) is 10.2 Å². The van der Waals surface area contributed by atoms with Crippen LogP contribution in [0.25, 0.3) is 0 Å². The molecule has 3 N–H and O–H groups in total. The van der Waals surface area contributed by atoms with Crippen molar-refractivity contribution in [1.29, 1.82) is 0 Å². The first-order chi connectivity index (χ1) is 11.2. The van der Waals surface area contributed by atoms with E-state index < -0.39 is 0 Å². The molecule has 0 amide bonds. The lowest BCUT2D eigenvalue weighted by Gasteiger charge is -2.26. The molecule has 1 saturated heterocycles. The van der Waals surface area contributed by atoms with Gasteiger partial charge in [0.05, 0.1) is 19.8 Å². The second-order valence-electron chi connectivity index (χ2n) is 5.70. The quantitative estimate of drug-likeness (QED) is 0.274. The standard InChI is InChI=1S/C17H28N4O2.HI/c1-15(23-16-6-3-2-4-7-16)14-20-17(18)19-8-5-9-21-10-12-22-13-11-21;/h2-4,6-7,15H,5,8-14H2,1H3,(H3,18,19,20);1H. The maximum Gasteiger partial charge on any atom is 0.188 e. The zero-order valence-electron chi connectivity index (χ0n) is 14.3. The van der Waals surface area contributed by atoms with Crippen molar-refractivity contribution in [3.05, 3.63) is 30.3 Å². The summed E-state index contributed by atoms with van der Waals surface area (Å²) >= 11 is 0. The molecule has 136 valence electrons. The van der Waals surface area contributed by atoms with Gasteiger partial charge >= 0.3 is 0 Å². The molecule has 1 unspecified atom stereocenters. The summed E-state index contributed by atoms with van der Waals surface area (Å²) < 4.78 is 11.1. The van der Waals surface area contributed by atoms with Crippen LogP contribution in [0.4, 0.5) is 0 Å². The van der Waals surface area contributed by atoms with E-state index in [1.54, 1.807) is 0 Å². The van der Waals surface area contributed by atoms with E-state index in [9.17, 15) is 0 Å². The van der Waals surface area contributed by atoms with Gasteiger partial charge in [0, 0.05) is 19.6 Å². The molecule has 1 fully saturated rings.